The number of ether oxygens (including phenoxy) is 1. The molecule has 2 bridgehead atoms. The Morgan fingerprint density at radius 3 is 1.94 bits per heavy atom. The SMILES string of the molecule is Cc1cccnc1CN(Cc1ncccc1C)[C@H]1C[C@H]2CC[C@@H](C1)N2C(=O)OC(C)(C)C. The Hall–Kier alpha value is -2.47. The first kappa shape index (κ1) is 22.7. The van der Waals surface area contributed by atoms with Gasteiger partial charge in [0.05, 0.1) is 11.4 Å². The summed E-state index contributed by atoms with van der Waals surface area (Å²) in [4.78, 5) is 26.8. The van der Waals surface area contributed by atoms with Crippen LogP contribution in [0.25, 0.3) is 0 Å². The quantitative estimate of drug-likeness (QED) is 0.658. The number of nitrogens with zero attached hydrogens (tertiary/aromatic N) is 4. The van der Waals surface area contributed by atoms with Gasteiger partial charge in [0.25, 0.3) is 0 Å². The van der Waals surface area contributed by atoms with Gasteiger partial charge in [-0.25, -0.2) is 4.79 Å². The van der Waals surface area contributed by atoms with Gasteiger partial charge in [-0.3, -0.25) is 14.9 Å². The van der Waals surface area contributed by atoms with Crippen molar-refractivity contribution in [2.24, 2.45) is 0 Å². The van der Waals surface area contributed by atoms with E-state index in [2.05, 4.69) is 40.8 Å². The topological polar surface area (TPSA) is 58.6 Å². The van der Waals surface area contributed by atoms with Gasteiger partial charge >= 0.3 is 6.09 Å². The fourth-order valence-corrected chi connectivity index (χ4v) is 5.13. The third-order valence-electron chi connectivity index (χ3n) is 6.77. The number of pyridine rings is 2. The molecule has 32 heavy (non-hydrogen) atoms. The van der Waals surface area contributed by atoms with Crippen molar-refractivity contribution in [1.82, 2.24) is 19.8 Å². The van der Waals surface area contributed by atoms with Crippen molar-refractivity contribution in [1.29, 1.82) is 0 Å². The minimum Gasteiger partial charge on any atom is -0.444 e. The Balaban J connectivity index is 1.55. The van der Waals surface area contributed by atoms with Crippen molar-refractivity contribution in [3.63, 3.8) is 0 Å². The van der Waals surface area contributed by atoms with Crippen LogP contribution in [0.15, 0.2) is 36.7 Å². The number of hydrogen-bond acceptors (Lipinski definition) is 5. The standard InChI is InChI=1S/C26H36N4O2/c1-18-8-6-12-27-23(18)16-29(17-24-19(2)9-7-13-28-24)22-14-20-10-11-21(15-22)30(20)25(31)32-26(3,4)5/h6-9,12-13,20-22H,10-11,14-17H2,1-5H3/t20-,21+,22+. The first-order chi connectivity index (χ1) is 15.2. The molecule has 0 radical (unpaired) electrons. The maximum absolute atomic E-state index is 12.9. The molecule has 2 saturated heterocycles. The summed E-state index contributed by atoms with van der Waals surface area (Å²) >= 11 is 0. The van der Waals surface area contributed by atoms with Gasteiger partial charge in [0, 0.05) is 43.6 Å². The highest BCUT2D eigenvalue weighted by molar-refractivity contribution is 5.69. The Labute approximate surface area is 192 Å². The van der Waals surface area contributed by atoms with Crippen LogP contribution in [0.3, 0.4) is 0 Å². The molecule has 0 N–H and O–H groups in total. The molecule has 0 aliphatic carbocycles. The van der Waals surface area contributed by atoms with Crippen LogP contribution in [0.2, 0.25) is 0 Å². The second kappa shape index (κ2) is 9.18. The summed E-state index contributed by atoms with van der Waals surface area (Å²) in [5, 5.41) is 0. The maximum Gasteiger partial charge on any atom is 0.410 e. The number of amides is 1. The Kier molecular flexibility index (Phi) is 6.52. The molecule has 0 spiro atoms. The van der Waals surface area contributed by atoms with Gasteiger partial charge in [-0.1, -0.05) is 12.1 Å². The lowest BCUT2D eigenvalue weighted by Crippen LogP contribution is -2.53. The largest absolute Gasteiger partial charge is 0.444 e. The van der Waals surface area contributed by atoms with E-state index >= 15 is 0 Å². The van der Waals surface area contributed by atoms with Gasteiger partial charge in [-0.2, -0.15) is 0 Å². The molecule has 2 fully saturated rings. The molecule has 4 rings (SSSR count). The average Bonchev–Trinajstić information content (AvgIpc) is 2.99. The third-order valence-corrected chi connectivity index (χ3v) is 6.77. The summed E-state index contributed by atoms with van der Waals surface area (Å²) in [5.74, 6) is 0. The van der Waals surface area contributed by atoms with E-state index in [1.165, 1.54) is 11.1 Å². The van der Waals surface area contributed by atoms with Crippen LogP contribution in [-0.2, 0) is 17.8 Å². The van der Waals surface area contributed by atoms with Crippen molar-refractivity contribution in [3.05, 3.63) is 59.2 Å². The molecule has 2 aromatic rings. The van der Waals surface area contributed by atoms with E-state index in [1.807, 2.05) is 50.2 Å². The van der Waals surface area contributed by atoms with Gasteiger partial charge in [0.1, 0.15) is 5.60 Å². The third kappa shape index (κ3) is 5.12. The number of aryl methyl sites for hydroxylation is 2. The monoisotopic (exact) mass is 436 g/mol. The lowest BCUT2D eigenvalue weighted by molar-refractivity contribution is -0.00634. The molecule has 2 aliphatic heterocycles. The summed E-state index contributed by atoms with van der Waals surface area (Å²) in [6.07, 6.45) is 7.64. The van der Waals surface area contributed by atoms with E-state index in [1.54, 1.807) is 0 Å². The summed E-state index contributed by atoms with van der Waals surface area (Å²) in [6, 6.07) is 9.10. The van der Waals surface area contributed by atoms with Crippen LogP contribution < -0.4 is 0 Å². The molecular formula is C26H36N4O2. The molecule has 6 nitrogen and oxygen atoms in total. The lowest BCUT2D eigenvalue weighted by Gasteiger charge is -2.43. The van der Waals surface area contributed by atoms with Crippen molar-refractivity contribution in [2.75, 3.05) is 0 Å². The molecule has 0 unspecified atom stereocenters. The Morgan fingerprint density at radius 1 is 1.00 bits per heavy atom. The summed E-state index contributed by atoms with van der Waals surface area (Å²) in [5.41, 5.74) is 4.19. The molecular weight excluding hydrogens is 400 g/mol. The zero-order valence-electron chi connectivity index (χ0n) is 20.0. The summed E-state index contributed by atoms with van der Waals surface area (Å²) < 4.78 is 5.73. The van der Waals surface area contributed by atoms with E-state index in [4.69, 9.17) is 4.74 Å². The number of carbonyl (C=O) groups is 1. The minimum absolute atomic E-state index is 0.156. The second-order valence-corrected chi connectivity index (χ2v) is 10.3. The van der Waals surface area contributed by atoms with Crippen LogP contribution in [0, 0.1) is 13.8 Å². The van der Waals surface area contributed by atoms with E-state index in [9.17, 15) is 4.79 Å². The van der Waals surface area contributed by atoms with Gasteiger partial charge in [0.2, 0.25) is 0 Å². The molecule has 3 atom stereocenters. The van der Waals surface area contributed by atoms with E-state index < -0.39 is 5.60 Å². The highest BCUT2D eigenvalue weighted by atomic mass is 16.6. The van der Waals surface area contributed by atoms with Gasteiger partial charge < -0.3 is 9.64 Å². The van der Waals surface area contributed by atoms with Crippen molar-refractivity contribution < 1.29 is 9.53 Å². The molecule has 0 saturated carbocycles. The predicted octanol–water partition coefficient (Wildman–Crippen LogP) is 5.03. The van der Waals surface area contributed by atoms with Gasteiger partial charge in [-0.15, -0.1) is 0 Å². The smallest absolute Gasteiger partial charge is 0.410 e. The van der Waals surface area contributed by atoms with Crippen LogP contribution in [0.5, 0.6) is 0 Å². The van der Waals surface area contributed by atoms with Crippen LogP contribution in [-0.4, -0.2) is 49.6 Å². The zero-order chi connectivity index (χ0) is 22.9. The molecule has 6 heteroatoms. The number of aromatic nitrogens is 2. The van der Waals surface area contributed by atoms with Crippen molar-refractivity contribution in [3.8, 4) is 0 Å². The summed E-state index contributed by atoms with van der Waals surface area (Å²) in [6.45, 7) is 11.6. The van der Waals surface area contributed by atoms with E-state index in [0.29, 0.717) is 6.04 Å². The number of rotatable bonds is 5. The van der Waals surface area contributed by atoms with E-state index in [0.717, 1.165) is 50.2 Å². The van der Waals surface area contributed by atoms with Gasteiger partial charge in [-0.05, 0) is 83.6 Å². The first-order valence-electron chi connectivity index (χ1n) is 11.8. The Morgan fingerprint density at radius 2 is 1.50 bits per heavy atom. The maximum atomic E-state index is 12.9. The molecule has 0 aromatic carbocycles. The highest BCUT2D eigenvalue weighted by Gasteiger charge is 2.46. The fourth-order valence-electron chi connectivity index (χ4n) is 5.13. The lowest BCUT2D eigenvalue weighted by atomic mass is 9.95. The second-order valence-electron chi connectivity index (χ2n) is 10.3. The predicted molar refractivity (Wildman–Crippen MR) is 125 cm³/mol. The van der Waals surface area contributed by atoms with Gasteiger partial charge in [0.15, 0.2) is 0 Å². The number of piperidine rings is 1. The molecule has 1 amide bonds. The highest BCUT2D eigenvalue weighted by Crippen LogP contribution is 2.39. The van der Waals surface area contributed by atoms with Crippen molar-refractivity contribution in [2.45, 2.75) is 97.1 Å². The van der Waals surface area contributed by atoms with Crippen molar-refractivity contribution >= 4 is 6.09 Å². The summed E-state index contributed by atoms with van der Waals surface area (Å²) in [7, 11) is 0. The fraction of sp³-hybridized carbons (Fsp3) is 0.577. The average molecular weight is 437 g/mol. The first-order valence-corrected chi connectivity index (χ1v) is 11.8. The zero-order valence-corrected chi connectivity index (χ0v) is 20.0. The number of hydrogen-bond donors (Lipinski definition) is 0. The Bertz CT molecular complexity index is 893. The molecule has 2 aliphatic rings. The number of carbonyl (C=O) groups excluding carboxylic acids is 1. The van der Waals surface area contributed by atoms with E-state index in [-0.39, 0.29) is 18.2 Å². The molecule has 4 heterocycles. The number of fused-ring (bicyclic) bond motifs is 2. The normalized spacial score (nSPS) is 22.9. The molecule has 2 aromatic heterocycles. The molecule has 172 valence electrons. The minimum atomic E-state index is -0.466. The van der Waals surface area contributed by atoms with Crippen LogP contribution in [0.4, 0.5) is 4.79 Å². The van der Waals surface area contributed by atoms with Crippen LogP contribution in [0.1, 0.15) is 69.0 Å². The van der Waals surface area contributed by atoms with Crippen LogP contribution >= 0.6 is 0 Å².